The average molecular weight is 421 g/mol. The second kappa shape index (κ2) is 5.51. The highest BCUT2D eigenvalue weighted by atomic mass is 127. The van der Waals surface area contributed by atoms with Crippen molar-refractivity contribution in [1.29, 1.82) is 0 Å². The highest BCUT2D eigenvalue weighted by molar-refractivity contribution is 14.1. The van der Waals surface area contributed by atoms with Gasteiger partial charge in [0.15, 0.2) is 0 Å². The monoisotopic (exact) mass is 421 g/mol. The second-order valence-electron chi connectivity index (χ2n) is 5.17. The lowest BCUT2D eigenvalue weighted by Crippen LogP contribution is -1.96. The van der Waals surface area contributed by atoms with Gasteiger partial charge >= 0.3 is 0 Å². The Morgan fingerprint density at radius 2 is 2.18 bits per heavy atom. The highest BCUT2D eigenvalue weighted by Gasteiger charge is 2.19. The number of aryl methyl sites for hydroxylation is 1. The Hall–Kier alpha value is -1.67. The number of nitrogens with one attached hydrogen (secondary N) is 1. The number of halogens is 1. The number of benzene rings is 1. The minimum atomic E-state index is 0.781. The molecule has 0 amide bonds. The predicted octanol–water partition coefficient (Wildman–Crippen LogP) is 4.77. The maximum absolute atomic E-state index is 9.01. The van der Waals surface area contributed by atoms with Gasteiger partial charge in [-0.15, -0.1) is 11.3 Å². The molecule has 0 spiro atoms. The van der Waals surface area contributed by atoms with Gasteiger partial charge < -0.3 is 10.5 Å². The number of anilines is 2. The molecule has 0 bridgehead atoms. The van der Waals surface area contributed by atoms with Crippen LogP contribution >= 0.6 is 33.9 Å². The Labute approximate surface area is 145 Å². The van der Waals surface area contributed by atoms with Crippen molar-refractivity contribution in [2.75, 3.05) is 5.32 Å². The summed E-state index contributed by atoms with van der Waals surface area (Å²) in [6, 6.07) is 8.26. The van der Waals surface area contributed by atoms with Crippen molar-refractivity contribution in [3.63, 3.8) is 0 Å². The summed E-state index contributed by atoms with van der Waals surface area (Å²) in [5.74, 6) is 0. The standard InChI is InChI=1S/C16H12IN3OS/c17-16-15(12-5-6-18-8-14(12)22-16)19-10-2-3-11-9(7-10)1-4-13(11)20-21/h2-3,5-8,19,21H,1,4H2. The molecule has 2 heterocycles. The van der Waals surface area contributed by atoms with Crippen LogP contribution in [0.15, 0.2) is 41.8 Å². The van der Waals surface area contributed by atoms with E-state index in [2.05, 4.69) is 44.1 Å². The normalized spacial score (nSPS) is 15.4. The van der Waals surface area contributed by atoms with Crippen molar-refractivity contribution < 1.29 is 5.21 Å². The van der Waals surface area contributed by atoms with Crippen LogP contribution in [0.25, 0.3) is 10.1 Å². The number of hydrogen-bond donors (Lipinski definition) is 2. The molecule has 0 saturated carbocycles. The van der Waals surface area contributed by atoms with Gasteiger partial charge in [-0.1, -0.05) is 11.2 Å². The van der Waals surface area contributed by atoms with Crippen molar-refractivity contribution in [1.82, 2.24) is 4.98 Å². The molecule has 4 rings (SSSR count). The second-order valence-corrected chi connectivity index (χ2v) is 8.03. The molecular weight excluding hydrogens is 409 g/mol. The number of fused-ring (bicyclic) bond motifs is 2. The summed E-state index contributed by atoms with van der Waals surface area (Å²) in [6.45, 7) is 0. The smallest absolute Gasteiger partial charge is 0.0901 e. The third-order valence-corrected chi connectivity index (χ3v) is 6.02. The Balaban J connectivity index is 1.73. The highest BCUT2D eigenvalue weighted by Crippen LogP contribution is 2.38. The maximum atomic E-state index is 9.01. The van der Waals surface area contributed by atoms with Crippen LogP contribution in [0.2, 0.25) is 0 Å². The number of nitrogens with zero attached hydrogens (tertiary/aromatic N) is 2. The van der Waals surface area contributed by atoms with Crippen molar-refractivity contribution in [2.24, 2.45) is 5.16 Å². The van der Waals surface area contributed by atoms with Gasteiger partial charge in [0.2, 0.25) is 0 Å². The fourth-order valence-electron chi connectivity index (χ4n) is 2.83. The van der Waals surface area contributed by atoms with E-state index in [1.165, 1.54) is 18.5 Å². The van der Waals surface area contributed by atoms with Gasteiger partial charge in [-0.25, -0.2) is 0 Å². The minimum Gasteiger partial charge on any atom is -0.411 e. The summed E-state index contributed by atoms with van der Waals surface area (Å²) in [5, 5.41) is 17.1. The van der Waals surface area contributed by atoms with Crippen LogP contribution in [-0.4, -0.2) is 15.9 Å². The Morgan fingerprint density at radius 3 is 3.05 bits per heavy atom. The van der Waals surface area contributed by atoms with Crippen LogP contribution in [0.3, 0.4) is 0 Å². The summed E-state index contributed by atoms with van der Waals surface area (Å²) >= 11 is 4.10. The van der Waals surface area contributed by atoms with Crippen LogP contribution in [-0.2, 0) is 6.42 Å². The number of thiophene rings is 1. The first-order valence-corrected chi connectivity index (χ1v) is 8.79. The summed E-state index contributed by atoms with van der Waals surface area (Å²) in [6.07, 6.45) is 5.46. The number of rotatable bonds is 2. The lowest BCUT2D eigenvalue weighted by atomic mass is 10.1. The summed E-state index contributed by atoms with van der Waals surface area (Å²) < 4.78 is 2.41. The van der Waals surface area contributed by atoms with Gasteiger partial charge in [-0.05, 0) is 59.2 Å². The fraction of sp³-hybridized carbons (Fsp3) is 0.125. The third kappa shape index (κ3) is 2.26. The number of aromatic nitrogens is 1. The van der Waals surface area contributed by atoms with E-state index in [9.17, 15) is 0 Å². The van der Waals surface area contributed by atoms with E-state index in [4.69, 9.17) is 5.21 Å². The predicted molar refractivity (Wildman–Crippen MR) is 98.7 cm³/mol. The lowest BCUT2D eigenvalue weighted by molar-refractivity contribution is 0.318. The zero-order valence-electron chi connectivity index (χ0n) is 11.5. The van der Waals surface area contributed by atoms with Gasteiger partial charge in [-0.2, -0.15) is 0 Å². The van der Waals surface area contributed by atoms with Crippen LogP contribution in [0.4, 0.5) is 11.4 Å². The fourth-order valence-corrected chi connectivity index (χ4v) is 4.82. The third-order valence-electron chi connectivity index (χ3n) is 3.89. The molecule has 0 fully saturated rings. The van der Waals surface area contributed by atoms with E-state index in [1.807, 2.05) is 30.6 Å². The molecule has 1 aliphatic rings. The van der Waals surface area contributed by atoms with Crippen LogP contribution in [0.1, 0.15) is 17.5 Å². The SMILES string of the molecule is ON=C1CCc2cc(Nc3c(I)sc4cnccc34)ccc21. The molecule has 1 aliphatic carbocycles. The molecule has 0 atom stereocenters. The molecule has 110 valence electrons. The quantitative estimate of drug-likeness (QED) is 0.356. The van der Waals surface area contributed by atoms with Crippen LogP contribution in [0.5, 0.6) is 0 Å². The molecule has 22 heavy (non-hydrogen) atoms. The van der Waals surface area contributed by atoms with E-state index >= 15 is 0 Å². The van der Waals surface area contributed by atoms with Crippen LogP contribution in [0, 0.1) is 2.88 Å². The summed E-state index contributed by atoms with van der Waals surface area (Å²) in [7, 11) is 0. The van der Waals surface area contributed by atoms with E-state index in [0.717, 1.165) is 35.5 Å². The zero-order chi connectivity index (χ0) is 15.1. The minimum absolute atomic E-state index is 0.781. The molecule has 0 unspecified atom stereocenters. The van der Waals surface area contributed by atoms with Crippen molar-refractivity contribution in [2.45, 2.75) is 12.8 Å². The summed E-state index contributed by atoms with van der Waals surface area (Å²) in [4.78, 5) is 4.18. The number of oxime groups is 1. The Kier molecular flexibility index (Phi) is 3.50. The van der Waals surface area contributed by atoms with Crippen LogP contribution < -0.4 is 5.32 Å². The zero-order valence-corrected chi connectivity index (χ0v) is 14.5. The van der Waals surface area contributed by atoms with E-state index in [1.54, 1.807) is 11.3 Å². The van der Waals surface area contributed by atoms with Crippen molar-refractivity contribution in [3.05, 3.63) is 50.7 Å². The molecule has 2 aromatic heterocycles. The molecule has 0 saturated heterocycles. The molecule has 2 N–H and O–H groups in total. The van der Waals surface area contributed by atoms with Gasteiger partial charge in [-0.3, -0.25) is 4.98 Å². The maximum Gasteiger partial charge on any atom is 0.0901 e. The average Bonchev–Trinajstić information content (AvgIpc) is 3.08. The topological polar surface area (TPSA) is 57.5 Å². The number of pyridine rings is 1. The van der Waals surface area contributed by atoms with Gasteiger partial charge in [0.05, 0.1) is 19.0 Å². The largest absolute Gasteiger partial charge is 0.411 e. The molecule has 1 aromatic carbocycles. The first-order valence-electron chi connectivity index (χ1n) is 6.89. The van der Waals surface area contributed by atoms with E-state index in [0.29, 0.717) is 0 Å². The molecule has 6 heteroatoms. The van der Waals surface area contributed by atoms with Crippen molar-refractivity contribution in [3.8, 4) is 0 Å². The van der Waals surface area contributed by atoms with Gasteiger partial charge in [0.1, 0.15) is 0 Å². The Morgan fingerprint density at radius 1 is 1.27 bits per heavy atom. The molecule has 3 aromatic rings. The van der Waals surface area contributed by atoms with E-state index in [-0.39, 0.29) is 0 Å². The summed E-state index contributed by atoms with van der Waals surface area (Å²) in [5.41, 5.74) is 5.27. The van der Waals surface area contributed by atoms with E-state index < -0.39 is 0 Å². The lowest BCUT2D eigenvalue weighted by Gasteiger charge is -2.08. The number of hydrogen-bond acceptors (Lipinski definition) is 5. The molecule has 0 aliphatic heterocycles. The van der Waals surface area contributed by atoms with Gasteiger partial charge in [0.25, 0.3) is 0 Å². The molecule has 4 nitrogen and oxygen atoms in total. The molecule has 0 radical (unpaired) electrons. The first-order chi connectivity index (χ1) is 10.8. The Bertz CT molecular complexity index is 904. The first kappa shape index (κ1) is 14.0. The van der Waals surface area contributed by atoms with Gasteiger partial charge in [0, 0.05) is 29.0 Å². The molecular formula is C16H12IN3OS. The van der Waals surface area contributed by atoms with Crippen molar-refractivity contribution >= 4 is 61.1 Å².